The highest BCUT2D eigenvalue weighted by molar-refractivity contribution is 5.95. The Morgan fingerprint density at radius 2 is 2.08 bits per heavy atom. The maximum absolute atomic E-state index is 12.6. The average Bonchev–Trinajstić information content (AvgIpc) is 2.65. The summed E-state index contributed by atoms with van der Waals surface area (Å²) in [6, 6.07) is 9.14. The summed E-state index contributed by atoms with van der Waals surface area (Å²) in [4.78, 5) is 16.8. The van der Waals surface area contributed by atoms with Crippen molar-refractivity contribution in [1.29, 1.82) is 0 Å². The SMILES string of the molecule is CCCCC(NC(=O)c1ccc2c(c1)OCCO2)c1cccnc1. The number of carbonyl (C=O) groups is 1. The van der Waals surface area contributed by atoms with E-state index in [1.807, 2.05) is 18.3 Å². The molecule has 0 aliphatic carbocycles. The maximum Gasteiger partial charge on any atom is 0.251 e. The Morgan fingerprint density at radius 3 is 2.83 bits per heavy atom. The standard InChI is InChI=1S/C19H22N2O3/c1-2-3-6-16(15-5-4-9-20-13-15)21-19(22)14-7-8-17-18(12-14)24-11-10-23-17/h4-5,7-9,12-13,16H,2-3,6,10-11H2,1H3,(H,21,22). The van der Waals surface area contributed by atoms with Crippen LogP contribution in [0.2, 0.25) is 0 Å². The first-order valence-corrected chi connectivity index (χ1v) is 8.38. The van der Waals surface area contributed by atoms with E-state index in [2.05, 4.69) is 17.2 Å². The lowest BCUT2D eigenvalue weighted by molar-refractivity contribution is 0.0932. The van der Waals surface area contributed by atoms with Gasteiger partial charge in [0.15, 0.2) is 11.5 Å². The Balaban J connectivity index is 1.75. The predicted molar refractivity (Wildman–Crippen MR) is 91.4 cm³/mol. The third-order valence-corrected chi connectivity index (χ3v) is 4.04. The van der Waals surface area contributed by atoms with Crippen LogP contribution in [0.3, 0.4) is 0 Å². The molecule has 1 aromatic carbocycles. The van der Waals surface area contributed by atoms with E-state index in [4.69, 9.17) is 9.47 Å². The summed E-state index contributed by atoms with van der Waals surface area (Å²) < 4.78 is 11.1. The summed E-state index contributed by atoms with van der Waals surface area (Å²) in [5.74, 6) is 1.20. The van der Waals surface area contributed by atoms with Crippen molar-refractivity contribution in [2.24, 2.45) is 0 Å². The molecule has 1 aliphatic rings. The van der Waals surface area contributed by atoms with Crippen molar-refractivity contribution in [1.82, 2.24) is 10.3 Å². The van der Waals surface area contributed by atoms with Gasteiger partial charge in [-0.15, -0.1) is 0 Å². The third kappa shape index (κ3) is 3.85. The zero-order chi connectivity index (χ0) is 16.8. The number of hydrogen-bond acceptors (Lipinski definition) is 4. The number of amides is 1. The van der Waals surface area contributed by atoms with Gasteiger partial charge in [0.05, 0.1) is 6.04 Å². The molecule has 126 valence electrons. The van der Waals surface area contributed by atoms with Gasteiger partial charge in [-0.05, 0) is 36.2 Å². The van der Waals surface area contributed by atoms with Crippen molar-refractivity contribution in [2.75, 3.05) is 13.2 Å². The summed E-state index contributed by atoms with van der Waals surface area (Å²) in [6.45, 7) is 3.19. The van der Waals surface area contributed by atoms with E-state index in [1.54, 1.807) is 24.4 Å². The summed E-state index contributed by atoms with van der Waals surface area (Å²) in [5.41, 5.74) is 1.60. The number of fused-ring (bicyclic) bond motifs is 1. The molecule has 0 saturated heterocycles. The molecule has 0 bridgehead atoms. The Morgan fingerprint density at radius 1 is 1.25 bits per heavy atom. The second kappa shape index (κ2) is 7.81. The molecule has 2 aromatic rings. The first-order valence-electron chi connectivity index (χ1n) is 8.38. The molecule has 0 spiro atoms. The molecule has 24 heavy (non-hydrogen) atoms. The minimum Gasteiger partial charge on any atom is -0.486 e. The molecule has 1 aliphatic heterocycles. The largest absolute Gasteiger partial charge is 0.486 e. The first kappa shape index (κ1) is 16.3. The zero-order valence-electron chi connectivity index (χ0n) is 13.8. The van der Waals surface area contributed by atoms with Crippen LogP contribution < -0.4 is 14.8 Å². The Bertz CT molecular complexity index is 688. The van der Waals surface area contributed by atoms with Crippen LogP contribution in [0.1, 0.15) is 48.1 Å². The minimum atomic E-state index is -0.114. The van der Waals surface area contributed by atoms with Gasteiger partial charge >= 0.3 is 0 Å². The fraction of sp³-hybridized carbons (Fsp3) is 0.368. The molecule has 0 radical (unpaired) electrons. The molecule has 1 amide bonds. The fourth-order valence-corrected chi connectivity index (χ4v) is 2.74. The summed E-state index contributed by atoms with van der Waals surface area (Å²) >= 11 is 0. The van der Waals surface area contributed by atoms with Gasteiger partial charge in [0.2, 0.25) is 0 Å². The van der Waals surface area contributed by atoms with Crippen molar-refractivity contribution < 1.29 is 14.3 Å². The van der Waals surface area contributed by atoms with Crippen LogP contribution in [-0.2, 0) is 0 Å². The van der Waals surface area contributed by atoms with Crippen molar-refractivity contribution in [3.05, 3.63) is 53.9 Å². The number of nitrogens with zero attached hydrogens (tertiary/aromatic N) is 1. The van der Waals surface area contributed by atoms with E-state index < -0.39 is 0 Å². The summed E-state index contributed by atoms with van der Waals surface area (Å²) in [6.07, 6.45) is 6.56. The zero-order valence-corrected chi connectivity index (χ0v) is 13.8. The van der Waals surface area contributed by atoms with Gasteiger partial charge in [-0.25, -0.2) is 0 Å². The highest BCUT2D eigenvalue weighted by Crippen LogP contribution is 2.31. The number of unbranched alkanes of at least 4 members (excludes halogenated alkanes) is 1. The molecule has 2 heterocycles. The van der Waals surface area contributed by atoms with Crippen LogP contribution in [-0.4, -0.2) is 24.1 Å². The number of pyridine rings is 1. The number of nitrogens with one attached hydrogen (secondary N) is 1. The van der Waals surface area contributed by atoms with Crippen molar-refractivity contribution in [2.45, 2.75) is 32.2 Å². The highest BCUT2D eigenvalue weighted by Gasteiger charge is 2.18. The van der Waals surface area contributed by atoms with E-state index in [0.29, 0.717) is 30.3 Å². The fourth-order valence-electron chi connectivity index (χ4n) is 2.74. The molecule has 1 atom stereocenters. The minimum absolute atomic E-state index is 0.0423. The molecule has 0 fully saturated rings. The first-order chi connectivity index (χ1) is 11.8. The number of hydrogen-bond donors (Lipinski definition) is 1. The van der Waals surface area contributed by atoms with E-state index >= 15 is 0 Å². The lowest BCUT2D eigenvalue weighted by atomic mass is 10.0. The van der Waals surface area contributed by atoms with Crippen LogP contribution in [0.4, 0.5) is 0 Å². The maximum atomic E-state index is 12.6. The van der Waals surface area contributed by atoms with Gasteiger partial charge in [-0.3, -0.25) is 9.78 Å². The second-order valence-corrected chi connectivity index (χ2v) is 5.81. The topological polar surface area (TPSA) is 60.5 Å². The van der Waals surface area contributed by atoms with E-state index in [0.717, 1.165) is 24.8 Å². The number of benzene rings is 1. The van der Waals surface area contributed by atoms with Gasteiger partial charge in [-0.1, -0.05) is 25.8 Å². The van der Waals surface area contributed by atoms with Gasteiger partial charge < -0.3 is 14.8 Å². The molecule has 1 aromatic heterocycles. The molecular formula is C19H22N2O3. The monoisotopic (exact) mass is 326 g/mol. The smallest absolute Gasteiger partial charge is 0.251 e. The van der Waals surface area contributed by atoms with Crippen LogP contribution >= 0.6 is 0 Å². The lowest BCUT2D eigenvalue weighted by Gasteiger charge is -2.21. The van der Waals surface area contributed by atoms with Gasteiger partial charge in [0.25, 0.3) is 5.91 Å². The van der Waals surface area contributed by atoms with Crippen LogP contribution in [0, 0.1) is 0 Å². The molecule has 5 heteroatoms. The number of aromatic nitrogens is 1. The Labute approximate surface area is 142 Å². The van der Waals surface area contributed by atoms with E-state index in [1.165, 1.54) is 0 Å². The van der Waals surface area contributed by atoms with E-state index in [9.17, 15) is 4.79 Å². The molecule has 1 unspecified atom stereocenters. The normalized spacial score (nSPS) is 14.0. The molecule has 3 rings (SSSR count). The Kier molecular flexibility index (Phi) is 5.31. The predicted octanol–water partition coefficient (Wildman–Crippen LogP) is 3.51. The number of ether oxygens (including phenoxy) is 2. The van der Waals surface area contributed by atoms with Crippen molar-refractivity contribution >= 4 is 5.91 Å². The molecule has 5 nitrogen and oxygen atoms in total. The summed E-state index contributed by atoms with van der Waals surface area (Å²) in [5, 5.41) is 3.12. The summed E-state index contributed by atoms with van der Waals surface area (Å²) in [7, 11) is 0. The van der Waals surface area contributed by atoms with Crippen LogP contribution in [0.15, 0.2) is 42.7 Å². The van der Waals surface area contributed by atoms with Crippen LogP contribution in [0.5, 0.6) is 11.5 Å². The van der Waals surface area contributed by atoms with Gasteiger partial charge in [0.1, 0.15) is 13.2 Å². The quantitative estimate of drug-likeness (QED) is 0.882. The lowest BCUT2D eigenvalue weighted by Crippen LogP contribution is -2.29. The van der Waals surface area contributed by atoms with Crippen LogP contribution in [0.25, 0.3) is 0 Å². The number of rotatable bonds is 6. The molecular weight excluding hydrogens is 304 g/mol. The highest BCUT2D eigenvalue weighted by atomic mass is 16.6. The van der Waals surface area contributed by atoms with E-state index in [-0.39, 0.29) is 11.9 Å². The Hall–Kier alpha value is -2.56. The van der Waals surface area contributed by atoms with Gasteiger partial charge in [0, 0.05) is 18.0 Å². The third-order valence-electron chi connectivity index (χ3n) is 4.04. The van der Waals surface area contributed by atoms with Crippen molar-refractivity contribution in [3.8, 4) is 11.5 Å². The molecule has 1 N–H and O–H groups in total. The van der Waals surface area contributed by atoms with Gasteiger partial charge in [-0.2, -0.15) is 0 Å². The average molecular weight is 326 g/mol. The van der Waals surface area contributed by atoms with Crippen molar-refractivity contribution in [3.63, 3.8) is 0 Å². The molecule has 0 saturated carbocycles. The second-order valence-electron chi connectivity index (χ2n) is 5.81. The number of carbonyl (C=O) groups excluding carboxylic acids is 1.